The fourth-order valence-electron chi connectivity index (χ4n) is 1.53. The lowest BCUT2D eigenvalue weighted by Gasteiger charge is -2.04. The molecule has 19 heavy (non-hydrogen) atoms. The van der Waals surface area contributed by atoms with Crippen LogP contribution in [0, 0.1) is 11.8 Å². The standard InChI is InChI=1S/C15H20N2O2/c1-2-3-5-8-17-15(19)14-10-13(11-16-12-14)7-4-6-9-18/h10-12,18H,2-3,5-6,8-9H2,1H3,(H,17,19). The van der Waals surface area contributed by atoms with E-state index in [1.54, 1.807) is 12.3 Å². The monoisotopic (exact) mass is 260 g/mol. The van der Waals surface area contributed by atoms with Crippen molar-refractivity contribution in [2.75, 3.05) is 13.2 Å². The maximum Gasteiger partial charge on any atom is 0.252 e. The van der Waals surface area contributed by atoms with Crippen molar-refractivity contribution >= 4 is 5.91 Å². The molecule has 4 nitrogen and oxygen atoms in total. The number of aliphatic hydroxyl groups is 1. The first-order valence-electron chi connectivity index (χ1n) is 6.61. The van der Waals surface area contributed by atoms with E-state index in [0.717, 1.165) is 19.3 Å². The summed E-state index contributed by atoms with van der Waals surface area (Å²) in [5.41, 5.74) is 1.21. The van der Waals surface area contributed by atoms with Crippen LogP contribution in [0.3, 0.4) is 0 Å². The second kappa shape index (κ2) is 9.12. The van der Waals surface area contributed by atoms with Crippen molar-refractivity contribution in [3.05, 3.63) is 29.6 Å². The molecule has 0 fully saturated rings. The van der Waals surface area contributed by atoms with Crippen LogP contribution in [0.25, 0.3) is 0 Å². The molecule has 1 heterocycles. The molecule has 102 valence electrons. The Morgan fingerprint density at radius 3 is 3.00 bits per heavy atom. The van der Waals surface area contributed by atoms with Crippen molar-refractivity contribution in [3.8, 4) is 11.8 Å². The number of hydrogen-bond acceptors (Lipinski definition) is 3. The normalized spacial score (nSPS) is 9.58. The van der Waals surface area contributed by atoms with Crippen LogP contribution in [0.4, 0.5) is 0 Å². The Balaban J connectivity index is 2.56. The third kappa shape index (κ3) is 6.03. The molecule has 1 aromatic rings. The smallest absolute Gasteiger partial charge is 0.252 e. The van der Waals surface area contributed by atoms with Gasteiger partial charge in [-0.1, -0.05) is 31.6 Å². The lowest BCUT2D eigenvalue weighted by molar-refractivity contribution is 0.0952. The highest BCUT2D eigenvalue weighted by Gasteiger charge is 2.05. The van der Waals surface area contributed by atoms with E-state index in [-0.39, 0.29) is 12.5 Å². The molecule has 0 aliphatic carbocycles. The molecule has 0 saturated heterocycles. The molecule has 1 aromatic heterocycles. The zero-order valence-corrected chi connectivity index (χ0v) is 11.3. The second-order valence-corrected chi connectivity index (χ2v) is 4.20. The summed E-state index contributed by atoms with van der Waals surface area (Å²) in [6, 6.07) is 1.71. The quantitative estimate of drug-likeness (QED) is 0.605. The lowest BCUT2D eigenvalue weighted by Crippen LogP contribution is -2.24. The molecule has 2 N–H and O–H groups in total. The summed E-state index contributed by atoms with van der Waals surface area (Å²) in [4.78, 5) is 15.9. The van der Waals surface area contributed by atoms with E-state index in [1.807, 2.05) is 0 Å². The summed E-state index contributed by atoms with van der Waals surface area (Å²) < 4.78 is 0. The molecule has 0 spiro atoms. The van der Waals surface area contributed by atoms with Gasteiger partial charge in [0.25, 0.3) is 5.91 Å². The number of rotatable bonds is 6. The van der Waals surface area contributed by atoms with Gasteiger partial charge in [-0.15, -0.1) is 0 Å². The Kier molecular flexibility index (Phi) is 7.30. The van der Waals surface area contributed by atoms with Gasteiger partial charge < -0.3 is 10.4 Å². The molecule has 0 radical (unpaired) electrons. The third-order valence-corrected chi connectivity index (χ3v) is 2.54. The van der Waals surface area contributed by atoms with E-state index in [1.165, 1.54) is 6.20 Å². The van der Waals surface area contributed by atoms with Crippen LogP contribution in [0.1, 0.15) is 48.5 Å². The number of amides is 1. The summed E-state index contributed by atoms with van der Waals surface area (Å²) in [5, 5.41) is 11.5. The first-order chi connectivity index (χ1) is 9.27. The number of carbonyl (C=O) groups is 1. The predicted molar refractivity (Wildman–Crippen MR) is 74.7 cm³/mol. The maximum atomic E-state index is 11.9. The zero-order chi connectivity index (χ0) is 13.9. The minimum atomic E-state index is -0.116. The number of aromatic nitrogens is 1. The zero-order valence-electron chi connectivity index (χ0n) is 11.3. The number of aliphatic hydroxyl groups excluding tert-OH is 1. The van der Waals surface area contributed by atoms with Gasteiger partial charge in [-0.3, -0.25) is 9.78 Å². The average molecular weight is 260 g/mol. The van der Waals surface area contributed by atoms with Crippen LogP contribution in [0.15, 0.2) is 18.5 Å². The van der Waals surface area contributed by atoms with Crippen LogP contribution in [0.5, 0.6) is 0 Å². The Morgan fingerprint density at radius 2 is 2.26 bits per heavy atom. The van der Waals surface area contributed by atoms with Gasteiger partial charge in [0.05, 0.1) is 12.2 Å². The highest BCUT2D eigenvalue weighted by Crippen LogP contribution is 2.02. The van der Waals surface area contributed by atoms with E-state index >= 15 is 0 Å². The van der Waals surface area contributed by atoms with Gasteiger partial charge in [-0.25, -0.2) is 0 Å². The number of pyridine rings is 1. The number of nitrogens with one attached hydrogen (secondary N) is 1. The largest absolute Gasteiger partial charge is 0.395 e. The van der Waals surface area contributed by atoms with Gasteiger partial charge in [0.2, 0.25) is 0 Å². The SMILES string of the molecule is CCCCCNC(=O)c1cncc(C#CCCO)c1. The van der Waals surface area contributed by atoms with Gasteiger partial charge in [-0.05, 0) is 12.5 Å². The molecular formula is C15H20N2O2. The molecule has 0 unspecified atom stereocenters. The molecule has 0 aromatic carbocycles. The van der Waals surface area contributed by atoms with Crippen LogP contribution in [-0.4, -0.2) is 29.1 Å². The van der Waals surface area contributed by atoms with Crippen LogP contribution < -0.4 is 5.32 Å². The van der Waals surface area contributed by atoms with Gasteiger partial charge in [0.15, 0.2) is 0 Å². The van der Waals surface area contributed by atoms with Crippen molar-refractivity contribution in [2.24, 2.45) is 0 Å². The van der Waals surface area contributed by atoms with Gasteiger partial charge in [0, 0.05) is 30.9 Å². The Morgan fingerprint density at radius 1 is 1.42 bits per heavy atom. The molecule has 4 heteroatoms. The van der Waals surface area contributed by atoms with Gasteiger partial charge >= 0.3 is 0 Å². The summed E-state index contributed by atoms with van der Waals surface area (Å²) >= 11 is 0. The summed E-state index contributed by atoms with van der Waals surface area (Å²) in [6.07, 6.45) is 6.81. The molecule has 0 bridgehead atoms. The number of unbranched alkanes of at least 4 members (excludes halogenated alkanes) is 2. The van der Waals surface area contributed by atoms with Gasteiger partial charge in [-0.2, -0.15) is 0 Å². The molecular weight excluding hydrogens is 240 g/mol. The molecule has 0 aliphatic rings. The number of carbonyl (C=O) groups excluding carboxylic acids is 1. The minimum Gasteiger partial charge on any atom is -0.395 e. The summed E-state index contributed by atoms with van der Waals surface area (Å²) in [6.45, 7) is 2.85. The lowest BCUT2D eigenvalue weighted by atomic mass is 10.2. The summed E-state index contributed by atoms with van der Waals surface area (Å²) in [7, 11) is 0. The van der Waals surface area contributed by atoms with Crippen LogP contribution in [0.2, 0.25) is 0 Å². The maximum absolute atomic E-state index is 11.9. The number of nitrogens with zero attached hydrogens (tertiary/aromatic N) is 1. The Hall–Kier alpha value is -1.86. The van der Waals surface area contributed by atoms with E-state index in [0.29, 0.717) is 24.1 Å². The van der Waals surface area contributed by atoms with E-state index in [9.17, 15) is 4.79 Å². The fraction of sp³-hybridized carbons (Fsp3) is 0.467. The second-order valence-electron chi connectivity index (χ2n) is 4.20. The van der Waals surface area contributed by atoms with Crippen molar-refractivity contribution in [1.29, 1.82) is 0 Å². The average Bonchev–Trinajstić information content (AvgIpc) is 2.44. The molecule has 0 aliphatic heterocycles. The highest BCUT2D eigenvalue weighted by atomic mass is 16.2. The van der Waals surface area contributed by atoms with Crippen LogP contribution >= 0.6 is 0 Å². The molecule has 0 saturated carbocycles. The topological polar surface area (TPSA) is 62.2 Å². The van der Waals surface area contributed by atoms with Gasteiger partial charge in [0.1, 0.15) is 0 Å². The molecule has 1 amide bonds. The Labute approximate surface area is 114 Å². The third-order valence-electron chi connectivity index (χ3n) is 2.54. The number of hydrogen-bond donors (Lipinski definition) is 2. The molecule has 1 rings (SSSR count). The predicted octanol–water partition coefficient (Wildman–Crippen LogP) is 1.74. The van der Waals surface area contributed by atoms with E-state index in [2.05, 4.69) is 29.1 Å². The van der Waals surface area contributed by atoms with E-state index < -0.39 is 0 Å². The van der Waals surface area contributed by atoms with E-state index in [4.69, 9.17) is 5.11 Å². The van der Waals surface area contributed by atoms with Crippen molar-refractivity contribution in [2.45, 2.75) is 32.6 Å². The summed E-state index contributed by atoms with van der Waals surface area (Å²) in [5.74, 6) is 5.55. The van der Waals surface area contributed by atoms with Crippen molar-refractivity contribution in [3.63, 3.8) is 0 Å². The fourth-order valence-corrected chi connectivity index (χ4v) is 1.53. The molecule has 0 atom stereocenters. The van der Waals surface area contributed by atoms with Crippen molar-refractivity contribution < 1.29 is 9.90 Å². The van der Waals surface area contributed by atoms with Crippen LogP contribution in [-0.2, 0) is 0 Å². The van der Waals surface area contributed by atoms with Crippen molar-refractivity contribution in [1.82, 2.24) is 10.3 Å². The minimum absolute atomic E-state index is 0.0397. The first kappa shape index (κ1) is 15.2. The Bertz CT molecular complexity index is 461. The highest BCUT2D eigenvalue weighted by molar-refractivity contribution is 5.94. The first-order valence-corrected chi connectivity index (χ1v) is 6.61.